The molecule has 0 saturated carbocycles. The maximum absolute atomic E-state index is 11.3. The lowest BCUT2D eigenvalue weighted by molar-refractivity contribution is -0.152. The third kappa shape index (κ3) is 1.09. The molecular weight excluding hydrogens is 180 g/mol. The van der Waals surface area contributed by atoms with Gasteiger partial charge in [-0.05, 0) is 19.9 Å². The highest BCUT2D eigenvalue weighted by molar-refractivity contribution is 6.44. The Morgan fingerprint density at radius 3 is 2.75 bits per heavy atom. The Bertz CT molecular complexity index is 269. The van der Waals surface area contributed by atoms with Gasteiger partial charge in [-0.2, -0.15) is 0 Å². The zero-order chi connectivity index (χ0) is 8.93. The Kier molecular flexibility index (Phi) is 1.59. The second-order valence-electron chi connectivity index (χ2n) is 3.40. The van der Waals surface area contributed by atoms with E-state index in [2.05, 4.69) is 0 Å². The number of halogens is 1. The molecule has 1 aliphatic heterocycles. The van der Waals surface area contributed by atoms with Gasteiger partial charge in [0, 0.05) is 0 Å². The molecule has 0 radical (unpaired) electrons. The van der Waals surface area contributed by atoms with Gasteiger partial charge >= 0.3 is 0 Å². The minimum absolute atomic E-state index is 0.174. The van der Waals surface area contributed by atoms with E-state index in [1.165, 1.54) is 0 Å². The van der Waals surface area contributed by atoms with Crippen LogP contribution in [0.3, 0.4) is 0 Å². The summed E-state index contributed by atoms with van der Waals surface area (Å²) in [5.41, 5.74) is 0. The molecular formula is C8H9ClO3. The van der Waals surface area contributed by atoms with E-state index in [9.17, 15) is 4.79 Å². The molecule has 0 unspecified atom stereocenters. The second kappa shape index (κ2) is 2.31. The molecule has 0 aromatic rings. The number of hydrogen-bond acceptors (Lipinski definition) is 3. The Morgan fingerprint density at radius 2 is 2.17 bits per heavy atom. The summed E-state index contributed by atoms with van der Waals surface area (Å²) in [7, 11) is 0. The minimum Gasteiger partial charge on any atom is -0.340 e. The van der Waals surface area contributed by atoms with Crippen LogP contribution in [0.15, 0.2) is 11.1 Å². The van der Waals surface area contributed by atoms with Crippen LogP contribution < -0.4 is 0 Å². The third-order valence-corrected chi connectivity index (χ3v) is 2.25. The van der Waals surface area contributed by atoms with Crippen LogP contribution in [0.25, 0.3) is 0 Å². The number of rotatable bonds is 0. The lowest BCUT2D eigenvalue weighted by Crippen LogP contribution is -2.26. The summed E-state index contributed by atoms with van der Waals surface area (Å²) in [5, 5.41) is 0.223. The molecule has 1 heterocycles. The van der Waals surface area contributed by atoms with Gasteiger partial charge in [-0.1, -0.05) is 11.6 Å². The van der Waals surface area contributed by atoms with Crippen LogP contribution >= 0.6 is 11.6 Å². The van der Waals surface area contributed by atoms with Crippen LogP contribution in [-0.2, 0) is 14.3 Å². The lowest BCUT2D eigenvalue weighted by atomic mass is 10.2. The highest BCUT2D eigenvalue weighted by Gasteiger charge is 2.48. The average Bonchev–Trinajstić information content (AvgIpc) is 2.33. The van der Waals surface area contributed by atoms with Crippen LogP contribution in [0.1, 0.15) is 13.8 Å². The van der Waals surface area contributed by atoms with Gasteiger partial charge in [-0.15, -0.1) is 0 Å². The predicted molar refractivity (Wildman–Crippen MR) is 42.8 cm³/mol. The van der Waals surface area contributed by atoms with E-state index in [4.69, 9.17) is 21.1 Å². The number of fused-ring (bicyclic) bond motifs is 1. The van der Waals surface area contributed by atoms with Gasteiger partial charge in [0.2, 0.25) is 5.78 Å². The fourth-order valence-electron chi connectivity index (χ4n) is 1.48. The monoisotopic (exact) mass is 188 g/mol. The molecule has 2 atom stereocenters. The standard InChI is InChI=1S/C8H9ClO3/c1-8(2)11-5-3-4(9)6(10)7(5)12-8/h3,5,7H,1-2H3/t5-,7-/m1/s1. The Balaban J connectivity index is 2.25. The van der Waals surface area contributed by atoms with Crippen LogP contribution in [0.4, 0.5) is 0 Å². The van der Waals surface area contributed by atoms with E-state index in [1.54, 1.807) is 19.9 Å². The van der Waals surface area contributed by atoms with Crippen LogP contribution in [0, 0.1) is 0 Å². The fourth-order valence-corrected chi connectivity index (χ4v) is 1.71. The molecule has 0 aromatic carbocycles. The zero-order valence-electron chi connectivity index (χ0n) is 6.83. The molecule has 0 amide bonds. The van der Waals surface area contributed by atoms with Crippen LogP contribution in [-0.4, -0.2) is 23.8 Å². The zero-order valence-corrected chi connectivity index (χ0v) is 7.59. The molecule has 0 N–H and O–H groups in total. The molecule has 3 nitrogen and oxygen atoms in total. The molecule has 0 spiro atoms. The first-order valence-corrected chi connectivity index (χ1v) is 4.14. The summed E-state index contributed by atoms with van der Waals surface area (Å²) >= 11 is 5.61. The van der Waals surface area contributed by atoms with E-state index in [1.807, 2.05) is 0 Å². The fraction of sp³-hybridized carbons (Fsp3) is 0.625. The summed E-state index contributed by atoms with van der Waals surface area (Å²) < 4.78 is 10.8. The highest BCUT2D eigenvalue weighted by Crippen LogP contribution is 2.35. The summed E-state index contributed by atoms with van der Waals surface area (Å²) in [6, 6.07) is 0. The summed E-state index contributed by atoms with van der Waals surface area (Å²) in [6.45, 7) is 3.56. The van der Waals surface area contributed by atoms with Gasteiger partial charge < -0.3 is 9.47 Å². The Morgan fingerprint density at radius 1 is 1.50 bits per heavy atom. The maximum Gasteiger partial charge on any atom is 0.205 e. The summed E-state index contributed by atoms with van der Waals surface area (Å²) in [4.78, 5) is 11.3. The SMILES string of the molecule is CC1(C)O[C@@H]2C=C(Cl)C(=O)[C@@H]2O1. The molecule has 1 aliphatic carbocycles. The van der Waals surface area contributed by atoms with E-state index in [0.29, 0.717) is 0 Å². The first kappa shape index (κ1) is 8.23. The van der Waals surface area contributed by atoms with Gasteiger partial charge in [0.15, 0.2) is 11.9 Å². The Labute approximate surface area is 75.3 Å². The first-order chi connectivity index (χ1) is 5.49. The minimum atomic E-state index is -0.668. The molecule has 4 heteroatoms. The molecule has 1 fully saturated rings. The number of ether oxygens (including phenoxy) is 2. The van der Waals surface area contributed by atoms with Crippen molar-refractivity contribution in [3.05, 3.63) is 11.1 Å². The first-order valence-electron chi connectivity index (χ1n) is 3.77. The van der Waals surface area contributed by atoms with Crippen molar-refractivity contribution < 1.29 is 14.3 Å². The van der Waals surface area contributed by atoms with Crippen molar-refractivity contribution in [2.75, 3.05) is 0 Å². The molecule has 0 bridgehead atoms. The van der Waals surface area contributed by atoms with E-state index in [0.717, 1.165) is 0 Å². The molecule has 66 valence electrons. The quantitative estimate of drug-likeness (QED) is 0.573. The summed E-state index contributed by atoms with van der Waals surface area (Å²) in [5.74, 6) is -0.841. The largest absolute Gasteiger partial charge is 0.340 e. The van der Waals surface area contributed by atoms with Gasteiger partial charge in [0.25, 0.3) is 0 Å². The second-order valence-corrected chi connectivity index (χ2v) is 3.81. The van der Waals surface area contributed by atoms with E-state index in [-0.39, 0.29) is 16.9 Å². The van der Waals surface area contributed by atoms with Crippen molar-refractivity contribution in [1.29, 1.82) is 0 Å². The number of carbonyl (C=O) groups is 1. The smallest absolute Gasteiger partial charge is 0.205 e. The molecule has 2 rings (SSSR count). The molecule has 1 saturated heterocycles. The topological polar surface area (TPSA) is 35.5 Å². The van der Waals surface area contributed by atoms with E-state index < -0.39 is 11.9 Å². The maximum atomic E-state index is 11.3. The van der Waals surface area contributed by atoms with Crippen molar-refractivity contribution in [3.8, 4) is 0 Å². The Hall–Kier alpha value is -0.380. The molecule has 2 aliphatic rings. The van der Waals surface area contributed by atoms with Gasteiger partial charge in [0.1, 0.15) is 6.10 Å². The van der Waals surface area contributed by atoms with Gasteiger partial charge in [-0.3, -0.25) is 4.79 Å². The number of carbonyl (C=O) groups excluding carboxylic acids is 1. The van der Waals surface area contributed by atoms with Crippen LogP contribution in [0.5, 0.6) is 0 Å². The third-order valence-electron chi connectivity index (χ3n) is 1.93. The number of Topliss-reactive ketones (excluding diaryl/α,β-unsaturated/α-hetero) is 1. The predicted octanol–water partition coefficient (Wildman–Crippen LogP) is 1.21. The van der Waals surface area contributed by atoms with Crippen molar-refractivity contribution in [3.63, 3.8) is 0 Å². The number of hydrogen-bond donors (Lipinski definition) is 0. The normalized spacial score (nSPS) is 38.2. The number of ketones is 1. The van der Waals surface area contributed by atoms with Gasteiger partial charge in [-0.25, -0.2) is 0 Å². The summed E-state index contributed by atoms with van der Waals surface area (Å²) in [6.07, 6.45) is 0.788. The van der Waals surface area contributed by atoms with Crippen molar-refractivity contribution in [2.24, 2.45) is 0 Å². The lowest BCUT2D eigenvalue weighted by Gasteiger charge is -2.16. The molecule has 0 aromatic heterocycles. The van der Waals surface area contributed by atoms with Gasteiger partial charge in [0.05, 0.1) is 5.03 Å². The van der Waals surface area contributed by atoms with Crippen molar-refractivity contribution in [1.82, 2.24) is 0 Å². The van der Waals surface area contributed by atoms with Crippen molar-refractivity contribution in [2.45, 2.75) is 31.8 Å². The average molecular weight is 189 g/mol. The van der Waals surface area contributed by atoms with Crippen LogP contribution in [0.2, 0.25) is 0 Å². The molecule has 12 heavy (non-hydrogen) atoms. The van der Waals surface area contributed by atoms with Crippen molar-refractivity contribution >= 4 is 17.4 Å². The highest BCUT2D eigenvalue weighted by atomic mass is 35.5. The van der Waals surface area contributed by atoms with E-state index >= 15 is 0 Å².